The predicted molar refractivity (Wildman–Crippen MR) is 218 cm³/mol. The van der Waals surface area contributed by atoms with Crippen LogP contribution < -0.4 is 9.47 Å². The summed E-state index contributed by atoms with van der Waals surface area (Å²) in [6, 6.07) is 46.3. The zero-order valence-corrected chi connectivity index (χ0v) is 30.3. The summed E-state index contributed by atoms with van der Waals surface area (Å²) in [5, 5.41) is 21.7. The molecule has 2 bridgehead atoms. The second-order valence-electron chi connectivity index (χ2n) is 14.6. The number of hydrogen-bond donors (Lipinski definition) is 1. The van der Waals surface area contributed by atoms with Gasteiger partial charge in [0.15, 0.2) is 0 Å². The SMILES string of the molecule is CC[C@H]1C[N@]2CC[C@H]1C[C@H]2[C@H](O)c1ccnc2ccc(OC)cc12.c1ccc2c(c1)cc(Oc1cc3ccccc3c3ccccc13)c1ccccc12. The Morgan fingerprint density at radius 1 is 0.698 bits per heavy atom. The Morgan fingerprint density at radius 2 is 1.28 bits per heavy atom. The van der Waals surface area contributed by atoms with E-state index in [4.69, 9.17) is 9.47 Å². The van der Waals surface area contributed by atoms with Crippen LogP contribution in [0.3, 0.4) is 0 Å². The lowest BCUT2D eigenvalue weighted by atomic mass is 9.72. The van der Waals surface area contributed by atoms with E-state index in [2.05, 4.69) is 126 Å². The number of methoxy groups -OCH3 is 1. The molecular formula is C48H44N2O3. The van der Waals surface area contributed by atoms with Gasteiger partial charge >= 0.3 is 0 Å². The maximum atomic E-state index is 11.2. The molecule has 5 atom stereocenters. The molecule has 264 valence electrons. The maximum absolute atomic E-state index is 11.2. The first-order valence-electron chi connectivity index (χ1n) is 18.9. The average Bonchev–Trinajstić information content (AvgIpc) is 3.23. The van der Waals surface area contributed by atoms with Crippen LogP contribution in [-0.4, -0.2) is 41.2 Å². The topological polar surface area (TPSA) is 54.8 Å². The first-order chi connectivity index (χ1) is 26.1. The molecule has 3 aliphatic rings. The first kappa shape index (κ1) is 33.4. The zero-order valence-electron chi connectivity index (χ0n) is 30.3. The van der Waals surface area contributed by atoms with E-state index < -0.39 is 6.10 Å². The van der Waals surface area contributed by atoms with Crippen molar-refractivity contribution in [3.8, 4) is 17.2 Å². The number of hydrogen-bond acceptors (Lipinski definition) is 5. The lowest BCUT2D eigenvalue weighted by Gasteiger charge is -2.51. The number of pyridine rings is 1. The van der Waals surface area contributed by atoms with Crippen LogP contribution in [0, 0.1) is 11.8 Å². The number of rotatable bonds is 6. The fourth-order valence-corrected chi connectivity index (χ4v) is 9.04. The highest BCUT2D eigenvalue weighted by Crippen LogP contribution is 2.43. The van der Waals surface area contributed by atoms with Crippen LogP contribution in [0.2, 0.25) is 0 Å². The molecule has 0 unspecified atom stereocenters. The van der Waals surface area contributed by atoms with Crippen molar-refractivity contribution < 1.29 is 14.6 Å². The molecule has 1 N–H and O–H groups in total. The zero-order chi connectivity index (χ0) is 35.9. The van der Waals surface area contributed by atoms with Crippen molar-refractivity contribution in [3.05, 3.63) is 145 Å². The Hall–Kier alpha value is -5.49. The quantitative estimate of drug-likeness (QED) is 0.175. The smallest absolute Gasteiger partial charge is 0.135 e. The fourth-order valence-electron chi connectivity index (χ4n) is 9.04. The fraction of sp³-hybridized carbons (Fsp3) is 0.229. The van der Waals surface area contributed by atoms with E-state index in [1.807, 2.05) is 24.3 Å². The molecule has 3 aliphatic heterocycles. The highest BCUT2D eigenvalue weighted by atomic mass is 16.5. The summed E-state index contributed by atoms with van der Waals surface area (Å²) in [5.41, 5.74) is 1.89. The Morgan fingerprint density at radius 3 is 1.85 bits per heavy atom. The van der Waals surface area contributed by atoms with Crippen molar-refractivity contribution in [1.29, 1.82) is 0 Å². The molecule has 0 amide bonds. The first-order valence-corrected chi connectivity index (χ1v) is 18.9. The monoisotopic (exact) mass is 696 g/mol. The third-order valence-electron chi connectivity index (χ3n) is 11.8. The molecule has 4 heterocycles. The number of aliphatic hydroxyl groups is 1. The highest BCUT2D eigenvalue weighted by Gasteiger charge is 2.42. The Labute approximate surface area is 310 Å². The molecule has 5 heteroatoms. The Balaban J connectivity index is 0.000000143. The summed E-state index contributed by atoms with van der Waals surface area (Å²) in [4.78, 5) is 6.94. The lowest BCUT2D eigenvalue weighted by molar-refractivity contribution is -0.0562. The summed E-state index contributed by atoms with van der Waals surface area (Å²) >= 11 is 0. The molecule has 11 rings (SSSR count). The van der Waals surface area contributed by atoms with E-state index in [-0.39, 0.29) is 6.04 Å². The van der Waals surface area contributed by atoms with Crippen LogP contribution in [-0.2, 0) is 0 Å². The van der Waals surface area contributed by atoms with Gasteiger partial charge in [0.05, 0.1) is 18.7 Å². The summed E-state index contributed by atoms with van der Waals surface area (Å²) < 4.78 is 12.0. The van der Waals surface area contributed by atoms with Crippen LogP contribution in [0.4, 0.5) is 0 Å². The van der Waals surface area contributed by atoms with Crippen LogP contribution in [0.1, 0.15) is 37.9 Å². The molecule has 7 aromatic carbocycles. The van der Waals surface area contributed by atoms with Gasteiger partial charge in [0.2, 0.25) is 0 Å². The van der Waals surface area contributed by atoms with Crippen molar-refractivity contribution in [2.75, 3.05) is 20.2 Å². The summed E-state index contributed by atoms with van der Waals surface area (Å²) in [6.07, 6.45) is 4.97. The summed E-state index contributed by atoms with van der Waals surface area (Å²) in [6.45, 7) is 4.55. The van der Waals surface area contributed by atoms with Gasteiger partial charge in [0, 0.05) is 34.9 Å². The van der Waals surface area contributed by atoms with Gasteiger partial charge in [-0.1, -0.05) is 110 Å². The third kappa shape index (κ3) is 6.14. The average molecular weight is 697 g/mol. The number of ether oxygens (including phenoxy) is 2. The predicted octanol–water partition coefficient (Wildman–Crippen LogP) is 11.5. The van der Waals surface area contributed by atoms with E-state index in [9.17, 15) is 5.11 Å². The van der Waals surface area contributed by atoms with Crippen molar-refractivity contribution >= 4 is 54.0 Å². The molecular weight excluding hydrogens is 653 g/mol. The van der Waals surface area contributed by atoms with Crippen LogP contribution in [0.5, 0.6) is 17.2 Å². The van der Waals surface area contributed by atoms with Crippen molar-refractivity contribution in [2.24, 2.45) is 11.8 Å². The van der Waals surface area contributed by atoms with Crippen molar-refractivity contribution in [3.63, 3.8) is 0 Å². The Bertz CT molecular complexity index is 2480. The second kappa shape index (κ2) is 14.1. The number of nitrogens with zero attached hydrogens (tertiary/aromatic N) is 2. The normalized spacial score (nSPS) is 20.1. The van der Waals surface area contributed by atoms with E-state index in [1.54, 1.807) is 13.3 Å². The van der Waals surface area contributed by atoms with Gasteiger partial charge in [-0.25, -0.2) is 0 Å². The number of piperidine rings is 3. The summed E-state index contributed by atoms with van der Waals surface area (Å²) in [7, 11) is 1.67. The minimum atomic E-state index is -0.469. The van der Waals surface area contributed by atoms with Gasteiger partial charge in [-0.15, -0.1) is 0 Å². The van der Waals surface area contributed by atoms with Gasteiger partial charge in [-0.3, -0.25) is 9.88 Å². The molecule has 3 fully saturated rings. The van der Waals surface area contributed by atoms with Gasteiger partial charge in [-0.05, 0) is 106 Å². The lowest BCUT2D eigenvalue weighted by Crippen LogP contribution is -2.55. The molecule has 3 saturated heterocycles. The molecule has 0 saturated carbocycles. The molecule has 53 heavy (non-hydrogen) atoms. The van der Waals surface area contributed by atoms with Gasteiger partial charge < -0.3 is 14.6 Å². The molecule has 0 spiro atoms. The van der Waals surface area contributed by atoms with Gasteiger partial charge in [0.1, 0.15) is 17.2 Å². The van der Waals surface area contributed by atoms with Crippen LogP contribution in [0.15, 0.2) is 140 Å². The largest absolute Gasteiger partial charge is 0.497 e. The maximum Gasteiger partial charge on any atom is 0.135 e. The standard InChI is InChI=1S/C28H18O.C20H26N2O2/c1-3-11-21-19(9-1)17-27(25-15-7-5-13-23(21)25)29-28-18-20-10-2-4-12-22(20)24-14-6-8-16-26(24)28;1-3-13-12-22-9-7-14(13)10-19(22)20(23)16-6-8-21-18-5-4-15(24-2)11-17(16)18/h1-18H;4-6,8,11,13-14,19-20,23H,3,7,9-10,12H2,1-2H3/t;13-,14-,19-,20+/m.0/s1. The van der Waals surface area contributed by atoms with Crippen LogP contribution >= 0.6 is 0 Å². The minimum Gasteiger partial charge on any atom is -0.497 e. The number of aliphatic hydroxyl groups excluding tert-OH is 1. The van der Waals surface area contributed by atoms with Gasteiger partial charge in [0.25, 0.3) is 0 Å². The van der Waals surface area contributed by atoms with E-state index in [0.29, 0.717) is 0 Å². The van der Waals surface area contributed by atoms with Crippen molar-refractivity contribution in [1.82, 2.24) is 9.88 Å². The number of benzene rings is 7. The van der Waals surface area contributed by atoms with Gasteiger partial charge in [-0.2, -0.15) is 0 Å². The van der Waals surface area contributed by atoms with E-state index in [1.165, 1.54) is 45.2 Å². The number of aromatic nitrogens is 1. The molecule has 0 radical (unpaired) electrons. The highest BCUT2D eigenvalue weighted by molar-refractivity contribution is 6.12. The minimum absolute atomic E-state index is 0.225. The molecule has 0 aliphatic carbocycles. The number of fused-ring (bicyclic) bond motifs is 10. The molecule has 1 aromatic heterocycles. The summed E-state index contributed by atoms with van der Waals surface area (Å²) in [5.74, 6) is 4.15. The van der Waals surface area contributed by atoms with E-state index in [0.717, 1.165) is 75.8 Å². The Kier molecular flexibility index (Phi) is 8.90. The third-order valence-corrected chi connectivity index (χ3v) is 11.8. The molecule has 8 aromatic rings. The van der Waals surface area contributed by atoms with Crippen LogP contribution in [0.25, 0.3) is 54.0 Å². The van der Waals surface area contributed by atoms with Crippen molar-refractivity contribution in [2.45, 2.75) is 38.3 Å². The van der Waals surface area contributed by atoms with E-state index >= 15 is 0 Å². The second-order valence-corrected chi connectivity index (χ2v) is 14.6. The molecule has 5 nitrogen and oxygen atoms in total.